The van der Waals surface area contributed by atoms with Gasteiger partial charge in [0.25, 0.3) is 5.91 Å². The normalized spacial score (nSPS) is 22.0. The number of carbonyl (C=O) groups is 2. The molecule has 1 unspecified atom stereocenters. The Morgan fingerprint density at radius 2 is 2.00 bits per heavy atom. The summed E-state index contributed by atoms with van der Waals surface area (Å²) in [5.74, 6) is 0.551. The molecule has 2 amide bonds. The summed E-state index contributed by atoms with van der Waals surface area (Å²) in [6.07, 6.45) is 6.25. The van der Waals surface area contributed by atoms with Gasteiger partial charge in [-0.05, 0) is 55.4 Å². The minimum atomic E-state index is -0.427. The molecule has 1 spiro atoms. The van der Waals surface area contributed by atoms with E-state index in [0.717, 1.165) is 68.6 Å². The molecule has 8 nitrogen and oxygen atoms in total. The van der Waals surface area contributed by atoms with Gasteiger partial charge in [-0.25, -0.2) is 0 Å². The van der Waals surface area contributed by atoms with Gasteiger partial charge >= 0.3 is 0 Å². The van der Waals surface area contributed by atoms with Crippen LogP contribution in [0.2, 0.25) is 0 Å². The fourth-order valence-electron chi connectivity index (χ4n) is 5.22. The molecule has 3 aliphatic heterocycles. The lowest BCUT2D eigenvalue weighted by Crippen LogP contribution is -2.43. The first-order chi connectivity index (χ1) is 16.6. The van der Waals surface area contributed by atoms with Gasteiger partial charge < -0.3 is 19.9 Å². The maximum atomic E-state index is 13.0. The fourth-order valence-corrected chi connectivity index (χ4v) is 6.32. The largest absolute Gasteiger partial charge is 0.381 e. The molecule has 9 heteroatoms. The van der Waals surface area contributed by atoms with E-state index in [2.05, 4.69) is 27.3 Å². The molecule has 34 heavy (non-hydrogen) atoms. The van der Waals surface area contributed by atoms with E-state index < -0.39 is 6.04 Å². The molecule has 3 aliphatic rings. The lowest BCUT2D eigenvalue weighted by molar-refractivity contribution is -0.129. The Bertz CT molecular complexity index is 1120. The van der Waals surface area contributed by atoms with Gasteiger partial charge in [-0.1, -0.05) is 0 Å². The number of rotatable bonds is 4. The number of fused-ring (bicyclic) bond motifs is 1. The predicted molar refractivity (Wildman–Crippen MR) is 132 cm³/mol. The summed E-state index contributed by atoms with van der Waals surface area (Å²) >= 11 is 1.55. The minimum Gasteiger partial charge on any atom is -0.381 e. The lowest BCUT2D eigenvalue weighted by atomic mass is 9.72. The van der Waals surface area contributed by atoms with E-state index in [1.54, 1.807) is 24.0 Å². The molecule has 4 heterocycles. The molecule has 0 saturated carbocycles. The highest BCUT2D eigenvalue weighted by Gasteiger charge is 2.36. The Labute approximate surface area is 203 Å². The van der Waals surface area contributed by atoms with Crippen molar-refractivity contribution in [2.24, 2.45) is 5.41 Å². The van der Waals surface area contributed by atoms with Crippen molar-refractivity contribution in [2.75, 3.05) is 49.4 Å². The molecule has 3 fully saturated rings. The van der Waals surface area contributed by atoms with E-state index >= 15 is 0 Å². The first kappa shape index (κ1) is 22.9. The maximum absolute atomic E-state index is 13.0. The second-order valence-electron chi connectivity index (χ2n) is 9.35. The van der Waals surface area contributed by atoms with Gasteiger partial charge in [0.15, 0.2) is 0 Å². The number of hydrogen-bond donors (Lipinski definition) is 1. The van der Waals surface area contributed by atoms with E-state index in [0.29, 0.717) is 22.6 Å². The maximum Gasteiger partial charge on any atom is 0.252 e. The summed E-state index contributed by atoms with van der Waals surface area (Å²) in [7, 11) is 0. The lowest BCUT2D eigenvalue weighted by Gasteiger charge is -2.44. The van der Waals surface area contributed by atoms with Crippen LogP contribution in [0.4, 0.5) is 5.69 Å². The van der Waals surface area contributed by atoms with E-state index in [4.69, 9.17) is 4.74 Å². The van der Waals surface area contributed by atoms with Crippen LogP contribution in [0.25, 0.3) is 10.9 Å². The number of nitrogens with one attached hydrogen (secondary N) is 1. The molecule has 0 aliphatic carbocycles. The van der Waals surface area contributed by atoms with Crippen LogP contribution in [0, 0.1) is 16.7 Å². The van der Waals surface area contributed by atoms with Gasteiger partial charge in [-0.15, -0.1) is 11.8 Å². The number of benzene rings is 1. The van der Waals surface area contributed by atoms with Crippen LogP contribution in [0.5, 0.6) is 0 Å². The average molecular weight is 480 g/mol. The molecule has 0 radical (unpaired) electrons. The summed E-state index contributed by atoms with van der Waals surface area (Å²) < 4.78 is 5.57. The number of aromatic nitrogens is 1. The van der Waals surface area contributed by atoms with Crippen molar-refractivity contribution in [1.29, 1.82) is 5.26 Å². The number of amides is 2. The quantitative estimate of drug-likeness (QED) is 0.720. The average Bonchev–Trinajstić information content (AvgIpc) is 3.36. The molecule has 0 bridgehead atoms. The first-order valence-corrected chi connectivity index (χ1v) is 13.0. The molecule has 3 saturated heterocycles. The fraction of sp³-hybridized carbons (Fsp3) is 0.520. The van der Waals surface area contributed by atoms with E-state index in [-0.39, 0.29) is 18.4 Å². The number of nitrogens with zero attached hydrogens (tertiary/aromatic N) is 4. The minimum absolute atomic E-state index is 0.126. The van der Waals surface area contributed by atoms with Crippen LogP contribution in [0.1, 0.15) is 36.0 Å². The van der Waals surface area contributed by atoms with Crippen molar-refractivity contribution in [2.45, 2.75) is 31.7 Å². The molecule has 1 atom stereocenters. The van der Waals surface area contributed by atoms with Crippen molar-refractivity contribution >= 4 is 40.2 Å². The number of pyridine rings is 1. The second kappa shape index (κ2) is 9.80. The topological polar surface area (TPSA) is 98.6 Å². The summed E-state index contributed by atoms with van der Waals surface area (Å²) in [6.45, 7) is 3.61. The van der Waals surface area contributed by atoms with Crippen molar-refractivity contribution in [3.05, 3.63) is 36.0 Å². The Morgan fingerprint density at radius 1 is 1.21 bits per heavy atom. The van der Waals surface area contributed by atoms with Crippen molar-refractivity contribution in [1.82, 2.24) is 15.2 Å². The molecule has 178 valence electrons. The highest BCUT2D eigenvalue weighted by Crippen LogP contribution is 2.41. The monoisotopic (exact) mass is 479 g/mol. The highest BCUT2D eigenvalue weighted by molar-refractivity contribution is 7.99. The summed E-state index contributed by atoms with van der Waals surface area (Å²) in [5, 5.41) is 12.7. The molecule has 5 rings (SSSR count). The van der Waals surface area contributed by atoms with Gasteiger partial charge in [0.1, 0.15) is 6.04 Å². The standard InChI is InChI=1S/C25H29N5O3S/c26-14-19-16-34-17-30(19)23(31)15-28-24(32)20-3-8-27-22-2-1-18(13-21(20)22)29-9-4-25(5-10-29)6-11-33-12-7-25/h1-3,8,13,19H,4-7,9-12,15-17H2,(H,28,32). The van der Waals surface area contributed by atoms with Crippen LogP contribution in [-0.2, 0) is 9.53 Å². The number of anilines is 1. The van der Waals surface area contributed by atoms with E-state index in [9.17, 15) is 14.9 Å². The molecular formula is C25H29N5O3S. The van der Waals surface area contributed by atoms with Crippen LogP contribution in [0.3, 0.4) is 0 Å². The van der Waals surface area contributed by atoms with Crippen molar-refractivity contribution in [3.63, 3.8) is 0 Å². The van der Waals surface area contributed by atoms with Gasteiger partial charge in [0.2, 0.25) is 5.91 Å². The second-order valence-corrected chi connectivity index (χ2v) is 10.4. The summed E-state index contributed by atoms with van der Waals surface area (Å²) in [5.41, 5.74) is 2.77. The number of carbonyl (C=O) groups excluding carboxylic acids is 2. The van der Waals surface area contributed by atoms with Crippen molar-refractivity contribution in [3.8, 4) is 6.07 Å². The van der Waals surface area contributed by atoms with Gasteiger partial charge in [0.05, 0.1) is 29.6 Å². The molecule has 1 N–H and O–H groups in total. The first-order valence-electron chi connectivity index (χ1n) is 11.9. The Kier molecular flexibility index (Phi) is 6.61. The van der Waals surface area contributed by atoms with E-state index in [1.807, 2.05) is 12.1 Å². The van der Waals surface area contributed by atoms with Gasteiger partial charge in [0, 0.05) is 49.3 Å². The number of ether oxygens (including phenoxy) is 1. The molecule has 2 aromatic rings. The van der Waals surface area contributed by atoms with Crippen molar-refractivity contribution < 1.29 is 14.3 Å². The zero-order chi connectivity index (χ0) is 23.5. The number of piperidine rings is 1. The zero-order valence-corrected chi connectivity index (χ0v) is 20.0. The Balaban J connectivity index is 1.29. The van der Waals surface area contributed by atoms with Gasteiger partial charge in [-0.2, -0.15) is 5.26 Å². The van der Waals surface area contributed by atoms with Gasteiger partial charge in [-0.3, -0.25) is 14.6 Å². The highest BCUT2D eigenvalue weighted by atomic mass is 32.2. The predicted octanol–water partition coefficient (Wildman–Crippen LogP) is 2.79. The third-order valence-corrected chi connectivity index (χ3v) is 8.48. The third kappa shape index (κ3) is 4.57. The van der Waals surface area contributed by atoms with Crippen LogP contribution in [-0.4, -0.2) is 72.2 Å². The Morgan fingerprint density at radius 3 is 2.76 bits per heavy atom. The number of hydrogen-bond acceptors (Lipinski definition) is 7. The van der Waals surface area contributed by atoms with Crippen LogP contribution in [0.15, 0.2) is 30.5 Å². The molecule has 1 aromatic heterocycles. The zero-order valence-electron chi connectivity index (χ0n) is 19.2. The number of nitriles is 1. The smallest absolute Gasteiger partial charge is 0.252 e. The van der Waals surface area contributed by atoms with E-state index in [1.165, 1.54) is 4.90 Å². The summed E-state index contributed by atoms with van der Waals surface area (Å²) in [6, 6.07) is 9.50. The van der Waals surface area contributed by atoms with Crippen LogP contribution < -0.4 is 10.2 Å². The Hall–Kier alpha value is -2.83. The molecular weight excluding hydrogens is 450 g/mol. The SMILES string of the molecule is N#CC1CSCN1C(=O)CNC(=O)c1ccnc2ccc(N3CCC4(CCOCC4)CC3)cc12. The third-order valence-electron chi connectivity index (χ3n) is 7.46. The molecule has 1 aromatic carbocycles. The van der Waals surface area contributed by atoms with Crippen LogP contribution >= 0.6 is 11.8 Å². The number of thioether (sulfide) groups is 1. The summed E-state index contributed by atoms with van der Waals surface area (Å²) in [4.78, 5) is 33.9.